The van der Waals surface area contributed by atoms with Crippen molar-refractivity contribution in [3.8, 4) is 0 Å². The van der Waals surface area contributed by atoms with E-state index in [9.17, 15) is 75.5 Å². The van der Waals surface area contributed by atoms with Gasteiger partial charge < -0.3 is 26.5 Å². The van der Waals surface area contributed by atoms with Crippen molar-refractivity contribution < 1.29 is 79.7 Å². The Balaban J connectivity index is 0.000000200. The van der Waals surface area contributed by atoms with E-state index in [4.69, 9.17) is 9.92 Å². The Morgan fingerprint density at radius 1 is 0.587 bits per heavy atom. The summed E-state index contributed by atoms with van der Waals surface area (Å²) in [5.74, 6) is -2.69. The van der Waals surface area contributed by atoms with Gasteiger partial charge in [0.1, 0.15) is 29.8 Å². The van der Waals surface area contributed by atoms with E-state index in [2.05, 4.69) is 49.1 Å². The van der Waals surface area contributed by atoms with Gasteiger partial charge in [0.05, 0.1) is 38.7 Å². The molecule has 0 spiro atoms. The van der Waals surface area contributed by atoms with Crippen molar-refractivity contribution in [2.45, 2.75) is 174 Å². The summed E-state index contributed by atoms with van der Waals surface area (Å²) >= 11 is 0. The molecule has 0 unspecified atom stereocenters. The van der Waals surface area contributed by atoms with Gasteiger partial charge in [0.25, 0.3) is 16.0 Å². The summed E-state index contributed by atoms with van der Waals surface area (Å²) in [5, 5.41) is 22.1. The van der Waals surface area contributed by atoms with Crippen LogP contribution in [0.1, 0.15) is 160 Å². The predicted molar refractivity (Wildman–Crippen MR) is 389 cm³/mol. The Morgan fingerprint density at radius 2 is 1.06 bits per heavy atom. The monoisotopic (exact) mass is 1550 g/mol. The number of nitrogens with two attached hydrogens (primary N) is 1. The standard InChI is InChI=1S/C27H30F4N4O.C18H21F4N3.C16H17NO4S.C10H8F4O.C8H15N3/c1-4-35-23-14-15-34(25(26(36)32-3)18-8-6-5-7-9-18)22(24(23)17(2)33-35)13-10-19-16-20(27(29,30)31)11-12-21(19)28;1-3-25-16-8-9-23-15(17(16)11(2)24-25)7-4-12-10-13(18(20,21)22)5-6-14(12)19;1-12-8-10-14(11-9-12)22(19,20)21-15(16(18)17-2)13-6-4-3-5-7-13;11-9-4-3-8(10(12,13)14)6-7(9)2-1-5-15;1-3-11-8(4-5-9)6-7(2)10-11/h5-9,11-12,16,22,25H,4,10,13-15H2,1-3H3,(H,32,36);5-6,10,15,23H,3-4,7-9H2,1-2H3;3-11,15H,1-2H3,(H,17,18);3-6H,1-2H2;6H,3-5,9H2,1-2H3/t22-,25+;2*15-;;/m001../s1. The minimum atomic E-state index is -4.55. The number of hydrogen-bond acceptors (Lipinski definition) is 12. The van der Waals surface area contributed by atoms with Crippen molar-refractivity contribution in [2.24, 2.45) is 5.73 Å². The summed E-state index contributed by atoms with van der Waals surface area (Å²) < 4.78 is 192. The first-order chi connectivity index (χ1) is 51.6. The molecule has 2 amide bonds. The molecule has 0 saturated heterocycles. The molecule has 2 aliphatic heterocycles. The lowest BCUT2D eigenvalue weighted by Crippen LogP contribution is -2.45. The van der Waals surface area contributed by atoms with Crippen molar-refractivity contribution in [1.82, 2.24) is 50.2 Å². The van der Waals surface area contributed by atoms with Crippen LogP contribution in [0.2, 0.25) is 0 Å². The fourth-order valence-electron chi connectivity index (χ4n) is 13.1. The summed E-state index contributed by atoms with van der Waals surface area (Å²) in [6, 6.07) is 32.6. The Morgan fingerprint density at radius 3 is 1.52 bits per heavy atom. The molecule has 2 aliphatic rings. The third kappa shape index (κ3) is 23.3. The molecule has 5 N–H and O–H groups in total. The summed E-state index contributed by atoms with van der Waals surface area (Å²) in [6.07, 6.45) is -10.5. The molecule has 588 valence electrons. The number of fused-ring (bicyclic) bond motifs is 2. The average molecular weight is 1550 g/mol. The smallest absolute Gasteiger partial charge is 0.358 e. The van der Waals surface area contributed by atoms with Gasteiger partial charge in [0.2, 0.25) is 5.91 Å². The molecule has 0 aliphatic carbocycles. The zero-order valence-corrected chi connectivity index (χ0v) is 62.8. The topological polar surface area (TPSA) is 213 Å². The molecule has 0 saturated carbocycles. The van der Waals surface area contributed by atoms with Crippen LogP contribution < -0.4 is 21.7 Å². The molecule has 30 heteroatoms. The van der Waals surface area contributed by atoms with E-state index in [1.807, 2.05) is 85.9 Å². The lowest BCUT2D eigenvalue weighted by molar-refractivity contribution is -0.138. The number of benzene rings is 6. The maximum absolute atomic E-state index is 14.6. The number of likely N-dealkylation sites (N-methyl/N-ethyl adjacent to an activating group) is 2. The molecular weight excluding hydrogens is 1460 g/mol. The number of aryl methyl sites for hydroxylation is 10. The van der Waals surface area contributed by atoms with Crippen LogP contribution >= 0.6 is 0 Å². The molecular formula is C79H91F12N11O6S. The van der Waals surface area contributed by atoms with Crippen LogP contribution in [0.5, 0.6) is 0 Å². The molecule has 109 heavy (non-hydrogen) atoms. The van der Waals surface area contributed by atoms with Crippen LogP contribution in [0.25, 0.3) is 0 Å². The highest BCUT2D eigenvalue weighted by Gasteiger charge is 2.41. The zero-order chi connectivity index (χ0) is 80.1. The van der Waals surface area contributed by atoms with Gasteiger partial charge >= 0.3 is 18.5 Å². The number of alkyl halides is 9. The Bertz CT molecular complexity index is 4590. The van der Waals surface area contributed by atoms with E-state index < -0.39 is 80.8 Å². The fraction of sp³-hybridized carbons (Fsp3) is 0.392. The lowest BCUT2D eigenvalue weighted by Gasteiger charge is -2.41. The summed E-state index contributed by atoms with van der Waals surface area (Å²) in [4.78, 5) is 37.2. The number of carbonyl (C=O) groups is 3. The molecule has 0 fully saturated rings. The van der Waals surface area contributed by atoms with Crippen LogP contribution in [0.4, 0.5) is 52.7 Å². The Hall–Kier alpha value is -9.49. The quantitative estimate of drug-likeness (QED) is 0.0283. The number of amides is 2. The summed E-state index contributed by atoms with van der Waals surface area (Å²) in [6.45, 7) is 18.3. The molecule has 17 nitrogen and oxygen atoms in total. The zero-order valence-electron chi connectivity index (χ0n) is 62.0. The van der Waals surface area contributed by atoms with Crippen LogP contribution in [-0.2, 0) is 105 Å². The average Bonchev–Trinajstić information content (AvgIpc) is 1.66. The lowest BCUT2D eigenvalue weighted by atomic mass is 9.88. The van der Waals surface area contributed by atoms with Gasteiger partial charge in [-0.3, -0.25) is 28.5 Å². The predicted octanol–water partition coefficient (Wildman–Crippen LogP) is 15.5. The molecule has 3 aromatic heterocycles. The Kier molecular flexibility index (Phi) is 31.2. The van der Waals surface area contributed by atoms with Crippen molar-refractivity contribution in [2.75, 3.05) is 33.7 Å². The van der Waals surface area contributed by atoms with Crippen LogP contribution in [-0.4, -0.2) is 94.5 Å². The van der Waals surface area contributed by atoms with Crippen molar-refractivity contribution in [1.29, 1.82) is 0 Å². The fourth-order valence-corrected chi connectivity index (χ4v) is 14.2. The van der Waals surface area contributed by atoms with E-state index in [1.165, 1.54) is 30.6 Å². The molecule has 9 aromatic rings. The largest absolute Gasteiger partial charge is 0.416 e. The van der Waals surface area contributed by atoms with Gasteiger partial charge in [0, 0.05) is 113 Å². The van der Waals surface area contributed by atoms with Gasteiger partial charge in [-0.15, -0.1) is 0 Å². The maximum Gasteiger partial charge on any atom is 0.416 e. The van der Waals surface area contributed by atoms with Gasteiger partial charge in [-0.25, -0.2) is 17.4 Å². The van der Waals surface area contributed by atoms with E-state index in [1.54, 1.807) is 49.5 Å². The molecule has 0 radical (unpaired) electrons. The summed E-state index contributed by atoms with van der Waals surface area (Å²) in [7, 11) is -1.03. The molecule has 11 rings (SSSR count). The normalized spacial score (nSPS) is 14.8. The van der Waals surface area contributed by atoms with E-state index in [-0.39, 0.29) is 65.3 Å². The first kappa shape index (κ1) is 86.7. The minimum Gasteiger partial charge on any atom is -0.358 e. The van der Waals surface area contributed by atoms with Crippen LogP contribution in [0.15, 0.2) is 150 Å². The molecule has 0 bridgehead atoms. The van der Waals surface area contributed by atoms with Crippen molar-refractivity contribution >= 4 is 28.2 Å². The minimum absolute atomic E-state index is 0.00800. The highest BCUT2D eigenvalue weighted by molar-refractivity contribution is 7.86. The van der Waals surface area contributed by atoms with Crippen LogP contribution in [0, 0.1) is 45.1 Å². The maximum atomic E-state index is 14.6. The number of halogens is 12. The third-order valence-corrected chi connectivity index (χ3v) is 19.7. The number of aromatic nitrogens is 6. The number of carbonyl (C=O) groups excluding carboxylic acids is 3. The van der Waals surface area contributed by atoms with E-state index in [0.29, 0.717) is 56.8 Å². The first-order valence-corrected chi connectivity index (χ1v) is 36.9. The second kappa shape index (κ2) is 39.2. The molecule has 5 heterocycles. The highest BCUT2D eigenvalue weighted by Crippen LogP contribution is 2.42. The van der Waals surface area contributed by atoms with Crippen LogP contribution in [0.3, 0.4) is 0 Å². The molecule has 4 atom stereocenters. The summed E-state index contributed by atoms with van der Waals surface area (Å²) in [5.41, 5.74) is 13.5. The first-order valence-electron chi connectivity index (χ1n) is 35.5. The Labute approximate surface area is 626 Å². The SMILES string of the molecule is CCn1nc(C)c2c1CCN([C@@H](C(=O)NC)c1ccccc1)[C@H]2CCc1cc(C(F)(F)F)ccc1F.CCn1nc(C)c2c1CCN[C@H]2CCc1cc(C(F)(F)F)ccc1F.CCn1nc(C)cc1CCN.CNC(=O)[C@H](OS(=O)(=O)c1ccc(C)cc1)c1ccccc1.O=CCCc1cc(C(F)(F)F)ccc1F. The van der Waals surface area contributed by atoms with Gasteiger partial charge in [-0.1, -0.05) is 78.4 Å². The van der Waals surface area contributed by atoms with Gasteiger partial charge in [0.15, 0.2) is 6.10 Å². The number of aldehydes is 1. The van der Waals surface area contributed by atoms with E-state index >= 15 is 0 Å². The second-order valence-electron chi connectivity index (χ2n) is 25.8. The van der Waals surface area contributed by atoms with Gasteiger partial charge in [-0.2, -0.15) is 63.2 Å². The number of nitrogens with one attached hydrogen (secondary N) is 3. The molecule has 6 aromatic carbocycles. The van der Waals surface area contributed by atoms with Crippen molar-refractivity contribution in [3.05, 3.63) is 258 Å². The number of hydrogen-bond donors (Lipinski definition) is 4. The number of rotatable bonds is 22. The second-order valence-corrected chi connectivity index (χ2v) is 27.4. The van der Waals surface area contributed by atoms with E-state index in [0.717, 1.165) is 126 Å². The number of nitrogens with zero attached hydrogens (tertiary/aromatic N) is 7. The van der Waals surface area contributed by atoms with Crippen molar-refractivity contribution in [3.63, 3.8) is 0 Å². The van der Waals surface area contributed by atoms with Gasteiger partial charge in [-0.05, 0) is 188 Å². The highest BCUT2D eigenvalue weighted by atomic mass is 32.2. The third-order valence-electron chi connectivity index (χ3n) is 18.4.